The van der Waals surface area contributed by atoms with Gasteiger partial charge < -0.3 is 4.79 Å². The minimum absolute atomic E-state index is 0.235. The zero-order valence-corrected chi connectivity index (χ0v) is 7.34. The summed E-state index contributed by atoms with van der Waals surface area (Å²) in [6, 6.07) is 0. The SMILES string of the molecule is CC1(C)C=CCC[C@@H]1CC=O. The molecule has 1 nitrogen and oxygen atoms in total. The highest BCUT2D eigenvalue weighted by Crippen LogP contribution is 2.37. The Kier molecular flexibility index (Phi) is 2.48. The Morgan fingerprint density at radius 2 is 2.36 bits per heavy atom. The van der Waals surface area contributed by atoms with Gasteiger partial charge in [-0.2, -0.15) is 0 Å². The number of hydrogen-bond acceptors (Lipinski definition) is 1. The Hall–Kier alpha value is -0.590. The van der Waals surface area contributed by atoms with Crippen LogP contribution in [0, 0.1) is 11.3 Å². The van der Waals surface area contributed by atoms with E-state index in [2.05, 4.69) is 26.0 Å². The summed E-state index contributed by atoms with van der Waals surface area (Å²) >= 11 is 0. The third-order valence-electron chi connectivity index (χ3n) is 2.66. The molecule has 0 heterocycles. The second-order valence-corrected chi connectivity index (χ2v) is 3.90. The van der Waals surface area contributed by atoms with Crippen LogP contribution in [0.25, 0.3) is 0 Å². The van der Waals surface area contributed by atoms with Gasteiger partial charge in [-0.15, -0.1) is 0 Å². The van der Waals surface area contributed by atoms with Gasteiger partial charge in [-0.05, 0) is 24.2 Å². The summed E-state index contributed by atoms with van der Waals surface area (Å²) in [5.74, 6) is 0.560. The summed E-state index contributed by atoms with van der Waals surface area (Å²) in [7, 11) is 0. The molecule has 0 bridgehead atoms. The summed E-state index contributed by atoms with van der Waals surface area (Å²) in [5, 5.41) is 0. The van der Waals surface area contributed by atoms with Gasteiger partial charge in [-0.1, -0.05) is 26.0 Å². The minimum Gasteiger partial charge on any atom is -0.303 e. The Labute approximate surface area is 68.5 Å². The van der Waals surface area contributed by atoms with E-state index in [4.69, 9.17) is 0 Å². The lowest BCUT2D eigenvalue weighted by molar-refractivity contribution is -0.109. The zero-order chi connectivity index (χ0) is 8.32. The highest BCUT2D eigenvalue weighted by atomic mass is 16.1. The molecule has 0 aromatic rings. The molecule has 11 heavy (non-hydrogen) atoms. The van der Waals surface area contributed by atoms with E-state index in [1.54, 1.807) is 0 Å². The van der Waals surface area contributed by atoms with Gasteiger partial charge in [-0.25, -0.2) is 0 Å². The normalized spacial score (nSPS) is 28.4. The number of carbonyl (C=O) groups is 1. The van der Waals surface area contributed by atoms with E-state index >= 15 is 0 Å². The molecule has 0 saturated carbocycles. The summed E-state index contributed by atoms with van der Waals surface area (Å²) in [4.78, 5) is 10.3. The summed E-state index contributed by atoms with van der Waals surface area (Å²) in [5.41, 5.74) is 0.235. The van der Waals surface area contributed by atoms with Crippen LogP contribution in [0.2, 0.25) is 0 Å². The average molecular weight is 152 g/mol. The number of allylic oxidation sites excluding steroid dienone is 2. The maximum Gasteiger partial charge on any atom is 0.120 e. The Bertz CT molecular complexity index is 168. The Morgan fingerprint density at radius 1 is 1.64 bits per heavy atom. The molecule has 0 spiro atoms. The first kappa shape index (κ1) is 8.51. The molecule has 1 rings (SSSR count). The van der Waals surface area contributed by atoms with Crippen molar-refractivity contribution in [3.63, 3.8) is 0 Å². The molecular formula is C10H16O. The van der Waals surface area contributed by atoms with E-state index in [9.17, 15) is 4.79 Å². The van der Waals surface area contributed by atoms with Crippen LogP contribution in [0.1, 0.15) is 33.1 Å². The highest BCUT2D eigenvalue weighted by molar-refractivity contribution is 5.50. The highest BCUT2D eigenvalue weighted by Gasteiger charge is 2.27. The van der Waals surface area contributed by atoms with Gasteiger partial charge in [0.2, 0.25) is 0 Å². The van der Waals surface area contributed by atoms with Crippen molar-refractivity contribution in [2.45, 2.75) is 33.1 Å². The summed E-state index contributed by atoms with van der Waals surface area (Å²) in [6.45, 7) is 4.41. The van der Waals surface area contributed by atoms with Crippen LogP contribution in [-0.4, -0.2) is 6.29 Å². The van der Waals surface area contributed by atoms with Crippen LogP contribution < -0.4 is 0 Å². The minimum atomic E-state index is 0.235. The topological polar surface area (TPSA) is 17.1 Å². The maximum absolute atomic E-state index is 10.3. The van der Waals surface area contributed by atoms with E-state index in [-0.39, 0.29) is 5.41 Å². The third kappa shape index (κ3) is 1.92. The molecule has 0 fully saturated rings. The number of hydrogen-bond donors (Lipinski definition) is 0. The van der Waals surface area contributed by atoms with Crippen LogP contribution in [0.3, 0.4) is 0 Å². The first-order chi connectivity index (χ1) is 5.17. The average Bonchev–Trinajstić information content (AvgIpc) is 1.94. The molecule has 62 valence electrons. The van der Waals surface area contributed by atoms with Crippen molar-refractivity contribution >= 4 is 6.29 Å². The maximum atomic E-state index is 10.3. The van der Waals surface area contributed by atoms with Crippen molar-refractivity contribution in [3.8, 4) is 0 Å². The predicted molar refractivity (Wildman–Crippen MR) is 46.3 cm³/mol. The predicted octanol–water partition coefficient (Wildman–Crippen LogP) is 2.57. The molecule has 1 aliphatic rings. The number of aldehydes is 1. The van der Waals surface area contributed by atoms with Crippen molar-refractivity contribution in [2.75, 3.05) is 0 Å². The lowest BCUT2D eigenvalue weighted by atomic mass is 9.72. The molecule has 0 aliphatic heterocycles. The first-order valence-electron chi connectivity index (χ1n) is 4.28. The molecule has 0 aromatic heterocycles. The first-order valence-corrected chi connectivity index (χ1v) is 4.28. The lowest BCUT2D eigenvalue weighted by Gasteiger charge is -2.33. The lowest BCUT2D eigenvalue weighted by Crippen LogP contribution is -2.24. The van der Waals surface area contributed by atoms with E-state index in [0.717, 1.165) is 19.1 Å². The van der Waals surface area contributed by atoms with E-state index in [1.165, 1.54) is 6.42 Å². The molecule has 0 radical (unpaired) electrons. The Balaban J connectivity index is 2.64. The zero-order valence-electron chi connectivity index (χ0n) is 7.34. The third-order valence-corrected chi connectivity index (χ3v) is 2.66. The summed E-state index contributed by atoms with van der Waals surface area (Å²) in [6.07, 6.45) is 8.54. The van der Waals surface area contributed by atoms with Crippen molar-refractivity contribution in [3.05, 3.63) is 12.2 Å². The molecular weight excluding hydrogens is 136 g/mol. The second kappa shape index (κ2) is 3.21. The van der Waals surface area contributed by atoms with Crippen LogP contribution >= 0.6 is 0 Å². The fourth-order valence-corrected chi connectivity index (χ4v) is 1.73. The van der Waals surface area contributed by atoms with Gasteiger partial charge in [0.15, 0.2) is 0 Å². The van der Waals surface area contributed by atoms with Crippen molar-refractivity contribution in [2.24, 2.45) is 11.3 Å². The van der Waals surface area contributed by atoms with Gasteiger partial charge >= 0.3 is 0 Å². The van der Waals surface area contributed by atoms with Crippen LogP contribution in [0.4, 0.5) is 0 Å². The second-order valence-electron chi connectivity index (χ2n) is 3.90. The van der Waals surface area contributed by atoms with Crippen LogP contribution in [0.5, 0.6) is 0 Å². The monoisotopic (exact) mass is 152 g/mol. The largest absolute Gasteiger partial charge is 0.303 e. The van der Waals surface area contributed by atoms with Gasteiger partial charge in [0.05, 0.1) is 0 Å². The molecule has 0 N–H and O–H groups in total. The van der Waals surface area contributed by atoms with Gasteiger partial charge in [0.1, 0.15) is 6.29 Å². The molecule has 0 saturated heterocycles. The van der Waals surface area contributed by atoms with Crippen LogP contribution in [-0.2, 0) is 4.79 Å². The fourth-order valence-electron chi connectivity index (χ4n) is 1.73. The molecule has 0 aromatic carbocycles. The number of rotatable bonds is 2. The fraction of sp³-hybridized carbons (Fsp3) is 0.700. The van der Waals surface area contributed by atoms with E-state index < -0.39 is 0 Å². The summed E-state index contributed by atoms with van der Waals surface area (Å²) < 4.78 is 0. The van der Waals surface area contributed by atoms with E-state index in [1.807, 2.05) is 0 Å². The molecule has 0 unspecified atom stereocenters. The molecule has 0 amide bonds. The van der Waals surface area contributed by atoms with E-state index in [0.29, 0.717) is 5.92 Å². The molecule has 1 atom stereocenters. The number of carbonyl (C=O) groups excluding carboxylic acids is 1. The van der Waals surface area contributed by atoms with Crippen molar-refractivity contribution in [1.29, 1.82) is 0 Å². The van der Waals surface area contributed by atoms with Crippen LogP contribution in [0.15, 0.2) is 12.2 Å². The Morgan fingerprint density at radius 3 is 2.91 bits per heavy atom. The van der Waals surface area contributed by atoms with Gasteiger partial charge in [0, 0.05) is 6.42 Å². The van der Waals surface area contributed by atoms with Gasteiger partial charge in [-0.3, -0.25) is 0 Å². The van der Waals surface area contributed by atoms with Crippen molar-refractivity contribution in [1.82, 2.24) is 0 Å². The van der Waals surface area contributed by atoms with Gasteiger partial charge in [0.25, 0.3) is 0 Å². The molecule has 1 heteroatoms. The van der Waals surface area contributed by atoms with Crippen molar-refractivity contribution < 1.29 is 4.79 Å². The standard InChI is InChI=1S/C10H16O/c1-10(2)7-4-3-5-9(10)6-8-11/h4,7-9H,3,5-6H2,1-2H3/t9-/m1/s1. The molecule has 1 aliphatic carbocycles. The quantitative estimate of drug-likeness (QED) is 0.439. The smallest absolute Gasteiger partial charge is 0.120 e.